The van der Waals surface area contributed by atoms with E-state index in [2.05, 4.69) is 29.8 Å². The number of ether oxygens (including phenoxy) is 1. The van der Waals surface area contributed by atoms with Crippen LogP contribution >= 0.6 is 11.6 Å². The van der Waals surface area contributed by atoms with Gasteiger partial charge in [-0.1, -0.05) is 18.5 Å². The third-order valence-electron chi connectivity index (χ3n) is 4.24. The fourth-order valence-electron chi connectivity index (χ4n) is 2.89. The number of aromatic amines is 1. The molecule has 1 fully saturated rings. The highest BCUT2D eigenvalue weighted by atomic mass is 35.5. The van der Waals surface area contributed by atoms with Crippen LogP contribution in [-0.4, -0.2) is 49.7 Å². The average Bonchev–Trinajstić information content (AvgIpc) is 2.91. The largest absolute Gasteiger partial charge is 0.421 e. The lowest BCUT2D eigenvalue weighted by atomic mass is 10.0. The Hall–Kier alpha value is -2.45. The minimum atomic E-state index is 0.163. The molecule has 1 saturated heterocycles. The van der Waals surface area contributed by atoms with Gasteiger partial charge in [0.15, 0.2) is 5.75 Å². The summed E-state index contributed by atoms with van der Waals surface area (Å²) in [6, 6.07) is 0.199. The molecule has 0 radical (unpaired) electrons. The maximum atomic E-state index is 9.28. The quantitative estimate of drug-likeness (QED) is 0.719. The van der Waals surface area contributed by atoms with Crippen LogP contribution in [0.25, 0.3) is 11.0 Å². The van der Waals surface area contributed by atoms with Crippen molar-refractivity contribution in [3.8, 4) is 11.8 Å². The van der Waals surface area contributed by atoms with Crippen LogP contribution in [0.4, 0.5) is 5.82 Å². The van der Waals surface area contributed by atoms with Gasteiger partial charge in [0.25, 0.3) is 0 Å². The Morgan fingerprint density at radius 3 is 2.76 bits per heavy atom. The Labute approximate surface area is 148 Å². The van der Waals surface area contributed by atoms with Crippen molar-refractivity contribution >= 4 is 28.5 Å². The van der Waals surface area contributed by atoms with Crippen molar-refractivity contribution in [2.75, 3.05) is 24.6 Å². The van der Waals surface area contributed by atoms with E-state index in [0.29, 0.717) is 22.2 Å². The molecule has 8 nitrogen and oxygen atoms in total. The van der Waals surface area contributed by atoms with Gasteiger partial charge in [-0.3, -0.25) is 0 Å². The number of nitrogens with zero attached hydrogens (tertiary/aromatic N) is 5. The van der Waals surface area contributed by atoms with Crippen molar-refractivity contribution in [2.24, 2.45) is 5.92 Å². The molecule has 0 atom stereocenters. The van der Waals surface area contributed by atoms with Crippen LogP contribution in [0.3, 0.4) is 0 Å². The van der Waals surface area contributed by atoms with Crippen molar-refractivity contribution < 1.29 is 9.84 Å². The molecule has 0 aromatic carbocycles. The Morgan fingerprint density at radius 1 is 1.32 bits per heavy atom. The molecule has 130 valence electrons. The van der Waals surface area contributed by atoms with Gasteiger partial charge in [-0.2, -0.15) is 9.97 Å². The summed E-state index contributed by atoms with van der Waals surface area (Å²) in [6.07, 6.45) is 5.28. The highest BCUT2D eigenvalue weighted by Gasteiger charge is 2.31. The standard InChI is InChI=1S/C16H17ClN6O2/c1-2-11-13(17)12-14(20-11)21-16(25-10-3-18-8-19-4-10)22-15(12)23-5-9(6-23)7-24/h3-4,8-9,24H,2,5-7H2,1H3,(H,20,21,22). The van der Waals surface area contributed by atoms with E-state index in [4.69, 9.17) is 16.3 Å². The number of aromatic nitrogens is 5. The molecule has 0 unspecified atom stereocenters. The number of rotatable bonds is 5. The third-order valence-corrected chi connectivity index (χ3v) is 4.65. The van der Waals surface area contributed by atoms with E-state index in [-0.39, 0.29) is 18.5 Å². The first-order valence-electron chi connectivity index (χ1n) is 8.06. The molecule has 4 rings (SSSR count). The zero-order valence-corrected chi connectivity index (χ0v) is 14.4. The molecule has 0 aliphatic carbocycles. The summed E-state index contributed by atoms with van der Waals surface area (Å²) in [6.45, 7) is 3.63. The van der Waals surface area contributed by atoms with Gasteiger partial charge in [-0.15, -0.1) is 0 Å². The Bertz CT molecular complexity index is 895. The molecule has 0 bridgehead atoms. The SMILES string of the molecule is CCc1[nH]c2nc(Oc3cncnc3)nc(N3CC(CO)C3)c2c1Cl. The molecule has 1 aliphatic heterocycles. The Kier molecular flexibility index (Phi) is 4.14. The fourth-order valence-corrected chi connectivity index (χ4v) is 3.24. The van der Waals surface area contributed by atoms with Gasteiger partial charge in [0.2, 0.25) is 0 Å². The number of H-pyrrole nitrogens is 1. The molecule has 1 aliphatic rings. The summed E-state index contributed by atoms with van der Waals surface area (Å²) < 4.78 is 5.70. The summed E-state index contributed by atoms with van der Waals surface area (Å²) in [7, 11) is 0. The fraction of sp³-hybridized carbons (Fsp3) is 0.375. The maximum absolute atomic E-state index is 9.28. The lowest BCUT2D eigenvalue weighted by Crippen LogP contribution is -2.48. The number of anilines is 1. The van der Waals surface area contributed by atoms with Crippen LogP contribution in [0, 0.1) is 5.92 Å². The van der Waals surface area contributed by atoms with Crippen molar-refractivity contribution in [2.45, 2.75) is 13.3 Å². The number of fused-ring (bicyclic) bond motifs is 1. The predicted molar refractivity (Wildman–Crippen MR) is 93.2 cm³/mol. The van der Waals surface area contributed by atoms with Crippen LogP contribution in [0.1, 0.15) is 12.6 Å². The number of nitrogens with one attached hydrogen (secondary N) is 1. The molecule has 0 spiro atoms. The first-order chi connectivity index (χ1) is 12.2. The number of hydrogen-bond donors (Lipinski definition) is 2. The normalized spacial score (nSPS) is 14.8. The topological polar surface area (TPSA) is 100 Å². The predicted octanol–water partition coefficient (Wildman–Crippen LogP) is 2.18. The highest BCUT2D eigenvalue weighted by Crippen LogP contribution is 2.37. The van der Waals surface area contributed by atoms with E-state index in [0.717, 1.165) is 30.6 Å². The van der Waals surface area contributed by atoms with E-state index >= 15 is 0 Å². The summed E-state index contributed by atoms with van der Waals surface area (Å²) in [4.78, 5) is 22.1. The van der Waals surface area contributed by atoms with Crippen LogP contribution in [0.15, 0.2) is 18.7 Å². The van der Waals surface area contributed by atoms with Gasteiger partial charge in [0.1, 0.15) is 17.8 Å². The highest BCUT2D eigenvalue weighted by molar-refractivity contribution is 6.37. The van der Waals surface area contributed by atoms with E-state index < -0.39 is 0 Å². The molecular formula is C16H17ClN6O2. The van der Waals surface area contributed by atoms with Crippen LogP contribution in [-0.2, 0) is 6.42 Å². The average molecular weight is 361 g/mol. The number of halogens is 1. The number of aliphatic hydroxyl groups is 1. The second-order valence-electron chi connectivity index (χ2n) is 5.95. The van der Waals surface area contributed by atoms with E-state index in [1.54, 1.807) is 12.4 Å². The first kappa shape index (κ1) is 16.0. The second kappa shape index (κ2) is 6.45. The molecule has 3 aromatic heterocycles. The molecule has 2 N–H and O–H groups in total. The van der Waals surface area contributed by atoms with E-state index in [1.807, 2.05) is 6.92 Å². The number of aliphatic hydroxyl groups excluding tert-OH is 1. The Morgan fingerprint density at radius 2 is 2.08 bits per heavy atom. The lowest BCUT2D eigenvalue weighted by molar-refractivity contribution is 0.200. The third kappa shape index (κ3) is 2.87. The molecule has 9 heteroatoms. The smallest absolute Gasteiger partial charge is 0.326 e. The van der Waals surface area contributed by atoms with Gasteiger partial charge >= 0.3 is 6.01 Å². The van der Waals surface area contributed by atoms with Gasteiger partial charge in [-0.05, 0) is 6.42 Å². The van der Waals surface area contributed by atoms with Gasteiger partial charge in [-0.25, -0.2) is 9.97 Å². The van der Waals surface area contributed by atoms with Crippen molar-refractivity contribution in [3.05, 3.63) is 29.4 Å². The lowest BCUT2D eigenvalue weighted by Gasteiger charge is -2.39. The van der Waals surface area contributed by atoms with Gasteiger partial charge in [0.05, 0.1) is 22.8 Å². The molecular weight excluding hydrogens is 344 g/mol. The minimum absolute atomic E-state index is 0.163. The van der Waals surface area contributed by atoms with Gasteiger partial charge < -0.3 is 19.7 Å². The molecule has 3 aromatic rings. The summed E-state index contributed by atoms with van der Waals surface area (Å²) in [5.41, 5.74) is 1.54. The number of hydrogen-bond acceptors (Lipinski definition) is 7. The van der Waals surface area contributed by atoms with Crippen LogP contribution in [0.5, 0.6) is 11.8 Å². The van der Waals surface area contributed by atoms with Crippen LogP contribution in [0.2, 0.25) is 5.02 Å². The molecule has 0 amide bonds. The van der Waals surface area contributed by atoms with Crippen molar-refractivity contribution in [1.82, 2.24) is 24.9 Å². The molecule has 0 saturated carbocycles. The summed E-state index contributed by atoms with van der Waals surface area (Å²) in [5, 5.41) is 10.7. The van der Waals surface area contributed by atoms with Crippen molar-refractivity contribution in [1.29, 1.82) is 0 Å². The summed E-state index contributed by atoms with van der Waals surface area (Å²) in [5.74, 6) is 1.42. The Balaban J connectivity index is 1.77. The zero-order chi connectivity index (χ0) is 17.4. The van der Waals surface area contributed by atoms with Gasteiger partial charge in [0, 0.05) is 31.3 Å². The van der Waals surface area contributed by atoms with E-state index in [9.17, 15) is 5.11 Å². The van der Waals surface area contributed by atoms with Crippen LogP contribution < -0.4 is 9.64 Å². The zero-order valence-electron chi connectivity index (χ0n) is 13.6. The minimum Gasteiger partial charge on any atom is -0.421 e. The number of aryl methyl sites for hydroxylation is 1. The summed E-state index contributed by atoms with van der Waals surface area (Å²) >= 11 is 6.52. The van der Waals surface area contributed by atoms with Crippen molar-refractivity contribution in [3.63, 3.8) is 0 Å². The molecule has 25 heavy (non-hydrogen) atoms. The first-order valence-corrected chi connectivity index (χ1v) is 8.44. The maximum Gasteiger partial charge on any atom is 0.326 e. The second-order valence-corrected chi connectivity index (χ2v) is 6.33. The van der Waals surface area contributed by atoms with E-state index in [1.165, 1.54) is 6.33 Å². The molecule has 4 heterocycles. The monoisotopic (exact) mass is 360 g/mol.